The van der Waals surface area contributed by atoms with Gasteiger partial charge in [-0.15, -0.1) is 0 Å². The molecule has 0 bridgehead atoms. The first-order valence-electron chi connectivity index (χ1n) is 6.62. The van der Waals surface area contributed by atoms with Crippen molar-refractivity contribution in [2.75, 3.05) is 6.61 Å². The molecule has 1 aromatic rings. The molecule has 0 unspecified atom stereocenters. The molecule has 3 heteroatoms. The van der Waals surface area contributed by atoms with Crippen LogP contribution in [0, 0.1) is 0 Å². The van der Waals surface area contributed by atoms with Gasteiger partial charge in [0.25, 0.3) is 0 Å². The lowest BCUT2D eigenvalue weighted by atomic mass is 9.89. The van der Waals surface area contributed by atoms with Crippen LogP contribution in [0.4, 0.5) is 0 Å². The summed E-state index contributed by atoms with van der Waals surface area (Å²) in [5.41, 5.74) is 1.53. The summed E-state index contributed by atoms with van der Waals surface area (Å²) in [7, 11) is 0. The Kier molecular flexibility index (Phi) is 3.93. The maximum Gasteiger partial charge on any atom is 0.119 e. The van der Waals surface area contributed by atoms with E-state index in [9.17, 15) is 10.2 Å². The summed E-state index contributed by atoms with van der Waals surface area (Å²) in [4.78, 5) is 0. The van der Waals surface area contributed by atoms with E-state index >= 15 is 0 Å². The highest BCUT2D eigenvalue weighted by Crippen LogP contribution is 2.32. The Morgan fingerprint density at radius 3 is 2.89 bits per heavy atom. The first-order valence-corrected chi connectivity index (χ1v) is 6.62. The van der Waals surface area contributed by atoms with Gasteiger partial charge in [-0.2, -0.15) is 0 Å². The van der Waals surface area contributed by atoms with Crippen molar-refractivity contribution in [2.45, 2.75) is 51.2 Å². The van der Waals surface area contributed by atoms with Crippen LogP contribution in [0.2, 0.25) is 0 Å². The van der Waals surface area contributed by atoms with Crippen molar-refractivity contribution >= 4 is 0 Å². The SMILES string of the molecule is CC(C)(O)CCOc1ccc2c(c1)[C@H](O)CCC2. The molecule has 1 aliphatic carbocycles. The Bertz CT molecular complexity index is 407. The molecule has 1 aliphatic rings. The van der Waals surface area contributed by atoms with E-state index in [1.807, 2.05) is 18.2 Å². The fourth-order valence-electron chi connectivity index (χ4n) is 2.26. The minimum atomic E-state index is -0.701. The Hall–Kier alpha value is -1.06. The predicted octanol–water partition coefficient (Wildman–Crippen LogP) is 2.60. The fraction of sp³-hybridized carbons (Fsp3) is 0.600. The van der Waals surface area contributed by atoms with Gasteiger partial charge >= 0.3 is 0 Å². The number of aliphatic hydroxyl groups is 2. The van der Waals surface area contributed by atoms with Crippen LogP contribution < -0.4 is 4.74 Å². The summed E-state index contributed by atoms with van der Waals surface area (Å²) in [6.07, 6.45) is 3.16. The molecule has 0 fully saturated rings. The smallest absolute Gasteiger partial charge is 0.119 e. The third-order valence-corrected chi connectivity index (χ3v) is 3.38. The summed E-state index contributed by atoms with van der Waals surface area (Å²) in [6, 6.07) is 5.92. The lowest BCUT2D eigenvalue weighted by Crippen LogP contribution is -2.21. The second-order valence-electron chi connectivity index (χ2n) is 5.68. The van der Waals surface area contributed by atoms with E-state index < -0.39 is 5.60 Å². The van der Waals surface area contributed by atoms with Gasteiger partial charge in [-0.1, -0.05) is 6.07 Å². The summed E-state index contributed by atoms with van der Waals surface area (Å²) in [5.74, 6) is 0.777. The maximum atomic E-state index is 9.94. The molecule has 3 nitrogen and oxygen atoms in total. The molecular weight excluding hydrogens is 228 g/mol. The second-order valence-corrected chi connectivity index (χ2v) is 5.68. The van der Waals surface area contributed by atoms with Crippen LogP contribution in [0.25, 0.3) is 0 Å². The molecule has 0 amide bonds. The highest BCUT2D eigenvalue weighted by molar-refractivity contribution is 5.38. The van der Waals surface area contributed by atoms with Crippen LogP contribution in [-0.4, -0.2) is 22.4 Å². The zero-order chi connectivity index (χ0) is 13.2. The molecule has 0 heterocycles. The van der Waals surface area contributed by atoms with Crippen molar-refractivity contribution in [2.24, 2.45) is 0 Å². The molecule has 0 saturated carbocycles. The molecule has 0 aliphatic heterocycles. The molecule has 1 aromatic carbocycles. The predicted molar refractivity (Wildman–Crippen MR) is 70.7 cm³/mol. The third kappa shape index (κ3) is 3.47. The summed E-state index contributed by atoms with van der Waals surface area (Å²) in [6.45, 7) is 4.03. The molecule has 100 valence electrons. The molecule has 1 atom stereocenters. The number of rotatable bonds is 4. The molecule has 2 rings (SSSR count). The van der Waals surface area contributed by atoms with Crippen LogP contribution >= 0.6 is 0 Å². The van der Waals surface area contributed by atoms with Gasteiger partial charge in [0.05, 0.1) is 18.3 Å². The molecule has 2 N–H and O–H groups in total. The highest BCUT2D eigenvalue weighted by Gasteiger charge is 2.18. The molecule has 0 spiro atoms. The number of aryl methyl sites for hydroxylation is 1. The van der Waals surface area contributed by atoms with E-state index in [0.29, 0.717) is 13.0 Å². The molecule has 0 saturated heterocycles. The quantitative estimate of drug-likeness (QED) is 0.863. The Balaban J connectivity index is 2.00. The van der Waals surface area contributed by atoms with Crippen molar-refractivity contribution in [3.05, 3.63) is 29.3 Å². The number of fused-ring (bicyclic) bond motifs is 1. The van der Waals surface area contributed by atoms with Crippen LogP contribution in [0.1, 0.15) is 50.3 Å². The fourth-order valence-corrected chi connectivity index (χ4v) is 2.26. The van der Waals surface area contributed by atoms with Crippen LogP contribution in [0.15, 0.2) is 18.2 Å². The topological polar surface area (TPSA) is 49.7 Å². The van der Waals surface area contributed by atoms with Gasteiger partial charge in [-0.3, -0.25) is 0 Å². The zero-order valence-electron chi connectivity index (χ0n) is 11.1. The Morgan fingerprint density at radius 2 is 2.17 bits per heavy atom. The molecule has 0 radical (unpaired) electrons. The molecule has 0 aromatic heterocycles. The van der Waals surface area contributed by atoms with Gasteiger partial charge in [0.15, 0.2) is 0 Å². The van der Waals surface area contributed by atoms with Gasteiger partial charge in [0.2, 0.25) is 0 Å². The maximum absolute atomic E-state index is 9.94. The lowest BCUT2D eigenvalue weighted by Gasteiger charge is -2.22. The van der Waals surface area contributed by atoms with Crippen LogP contribution in [-0.2, 0) is 6.42 Å². The van der Waals surface area contributed by atoms with E-state index in [1.54, 1.807) is 13.8 Å². The van der Waals surface area contributed by atoms with Gasteiger partial charge in [0, 0.05) is 6.42 Å². The van der Waals surface area contributed by atoms with E-state index in [1.165, 1.54) is 5.56 Å². The average Bonchev–Trinajstić information content (AvgIpc) is 2.28. The van der Waals surface area contributed by atoms with Gasteiger partial charge in [0.1, 0.15) is 5.75 Å². The van der Waals surface area contributed by atoms with E-state index in [0.717, 1.165) is 30.6 Å². The van der Waals surface area contributed by atoms with Crippen molar-refractivity contribution < 1.29 is 14.9 Å². The van der Waals surface area contributed by atoms with Gasteiger partial charge < -0.3 is 14.9 Å². The minimum Gasteiger partial charge on any atom is -0.493 e. The number of aliphatic hydroxyl groups excluding tert-OH is 1. The van der Waals surface area contributed by atoms with E-state index in [4.69, 9.17) is 4.74 Å². The molecular formula is C15H22O3. The van der Waals surface area contributed by atoms with Gasteiger partial charge in [-0.25, -0.2) is 0 Å². The van der Waals surface area contributed by atoms with E-state index in [-0.39, 0.29) is 6.10 Å². The molecule has 18 heavy (non-hydrogen) atoms. The summed E-state index contributed by atoms with van der Waals surface area (Å²) >= 11 is 0. The first kappa shape index (κ1) is 13.4. The Morgan fingerprint density at radius 1 is 1.39 bits per heavy atom. The van der Waals surface area contributed by atoms with Crippen molar-refractivity contribution in [1.82, 2.24) is 0 Å². The number of hydrogen-bond donors (Lipinski definition) is 2. The van der Waals surface area contributed by atoms with Gasteiger partial charge in [-0.05, 0) is 56.4 Å². The summed E-state index contributed by atoms with van der Waals surface area (Å²) in [5, 5.41) is 19.6. The lowest BCUT2D eigenvalue weighted by molar-refractivity contribution is 0.0552. The zero-order valence-corrected chi connectivity index (χ0v) is 11.1. The summed E-state index contributed by atoms with van der Waals surface area (Å²) < 4.78 is 5.63. The monoisotopic (exact) mass is 250 g/mol. The average molecular weight is 250 g/mol. The minimum absolute atomic E-state index is 0.355. The number of hydrogen-bond acceptors (Lipinski definition) is 3. The van der Waals surface area contributed by atoms with E-state index in [2.05, 4.69) is 0 Å². The second kappa shape index (κ2) is 5.29. The Labute approximate surface area is 108 Å². The number of benzene rings is 1. The largest absolute Gasteiger partial charge is 0.493 e. The number of ether oxygens (including phenoxy) is 1. The van der Waals surface area contributed by atoms with Crippen LogP contribution in [0.3, 0.4) is 0 Å². The standard InChI is InChI=1S/C15H22O3/c1-15(2,17)8-9-18-12-7-6-11-4-3-5-14(16)13(11)10-12/h6-7,10,14,16-17H,3-5,8-9H2,1-2H3/t14-/m1/s1. The first-order chi connectivity index (χ1) is 8.46. The van der Waals surface area contributed by atoms with Crippen molar-refractivity contribution in [3.8, 4) is 5.75 Å². The normalized spacial score (nSPS) is 19.4. The van der Waals surface area contributed by atoms with Crippen LogP contribution in [0.5, 0.6) is 5.75 Å². The highest BCUT2D eigenvalue weighted by atomic mass is 16.5. The van der Waals surface area contributed by atoms with Crippen molar-refractivity contribution in [3.63, 3.8) is 0 Å². The van der Waals surface area contributed by atoms with Crippen molar-refractivity contribution in [1.29, 1.82) is 0 Å². The third-order valence-electron chi connectivity index (χ3n) is 3.38.